The molecule has 0 amide bonds. The molecule has 2 aromatic carbocycles. The molecule has 0 bridgehead atoms. The van der Waals surface area contributed by atoms with E-state index in [1.54, 1.807) is 18.2 Å². The first-order valence-electron chi connectivity index (χ1n) is 5.40. The van der Waals surface area contributed by atoms with Gasteiger partial charge in [0, 0.05) is 10.7 Å². The Morgan fingerprint density at radius 3 is 2.56 bits per heavy atom. The third kappa shape index (κ3) is 2.81. The van der Waals surface area contributed by atoms with Crippen molar-refractivity contribution in [3.8, 4) is 0 Å². The van der Waals surface area contributed by atoms with E-state index in [9.17, 15) is 4.79 Å². The second kappa shape index (κ2) is 5.56. The summed E-state index contributed by atoms with van der Waals surface area (Å²) in [6.45, 7) is 0. The number of methoxy groups -OCH3 is 1. The number of hydrogen-bond donors (Lipinski definition) is 1. The first kappa shape index (κ1) is 12.5. The highest BCUT2D eigenvalue weighted by Crippen LogP contribution is 2.25. The second-order valence-electron chi connectivity index (χ2n) is 3.67. The van der Waals surface area contributed by atoms with E-state index in [-0.39, 0.29) is 0 Å². The number of para-hydroxylation sites is 1. The van der Waals surface area contributed by atoms with Gasteiger partial charge in [0.15, 0.2) is 0 Å². The molecule has 2 aromatic rings. The zero-order chi connectivity index (χ0) is 13.0. The van der Waals surface area contributed by atoms with Gasteiger partial charge < -0.3 is 10.1 Å². The topological polar surface area (TPSA) is 38.3 Å². The average molecular weight is 262 g/mol. The number of carbonyl (C=O) groups excluding carboxylic acids is 1. The van der Waals surface area contributed by atoms with E-state index in [2.05, 4.69) is 5.32 Å². The van der Waals surface area contributed by atoms with Crippen LogP contribution in [0.15, 0.2) is 48.5 Å². The predicted octanol–water partition coefficient (Wildman–Crippen LogP) is 3.87. The van der Waals surface area contributed by atoms with Crippen LogP contribution in [0.2, 0.25) is 5.02 Å². The molecule has 92 valence electrons. The van der Waals surface area contributed by atoms with Crippen LogP contribution < -0.4 is 5.32 Å². The molecule has 0 spiro atoms. The summed E-state index contributed by atoms with van der Waals surface area (Å²) in [6.07, 6.45) is 0. The van der Waals surface area contributed by atoms with E-state index in [1.165, 1.54) is 7.11 Å². The van der Waals surface area contributed by atoms with Crippen LogP contribution in [0, 0.1) is 0 Å². The molecule has 0 unspecified atom stereocenters. The van der Waals surface area contributed by atoms with E-state index in [1.807, 2.05) is 30.3 Å². The van der Waals surface area contributed by atoms with Crippen LogP contribution in [0.5, 0.6) is 0 Å². The molecule has 0 aliphatic carbocycles. The molecule has 3 nitrogen and oxygen atoms in total. The van der Waals surface area contributed by atoms with Crippen LogP contribution in [0.1, 0.15) is 10.4 Å². The minimum absolute atomic E-state index is 0.398. The Hall–Kier alpha value is -2.00. The average Bonchev–Trinajstić information content (AvgIpc) is 2.39. The Morgan fingerprint density at radius 2 is 1.89 bits per heavy atom. The summed E-state index contributed by atoms with van der Waals surface area (Å²) in [4.78, 5) is 11.6. The Morgan fingerprint density at radius 1 is 1.17 bits per heavy atom. The molecule has 0 aliphatic rings. The number of ether oxygens (including phenoxy) is 1. The van der Waals surface area contributed by atoms with Gasteiger partial charge in [-0.2, -0.15) is 0 Å². The van der Waals surface area contributed by atoms with Crippen molar-refractivity contribution < 1.29 is 9.53 Å². The summed E-state index contributed by atoms with van der Waals surface area (Å²) in [5.41, 5.74) is 1.95. The van der Waals surface area contributed by atoms with Gasteiger partial charge in [-0.25, -0.2) is 4.79 Å². The van der Waals surface area contributed by atoms with E-state index in [0.29, 0.717) is 16.3 Å². The van der Waals surface area contributed by atoms with Crippen LogP contribution in [0.4, 0.5) is 11.4 Å². The number of rotatable bonds is 3. The maximum Gasteiger partial charge on any atom is 0.339 e. The normalized spacial score (nSPS) is 9.89. The standard InChI is InChI=1S/C14H12ClNO2/c1-18-14(17)12-8-7-10(15)9-13(12)16-11-5-3-2-4-6-11/h2-9,16H,1H3. The van der Waals surface area contributed by atoms with Gasteiger partial charge in [-0.3, -0.25) is 0 Å². The Balaban J connectivity index is 2.36. The molecule has 0 radical (unpaired) electrons. The summed E-state index contributed by atoms with van der Waals surface area (Å²) < 4.78 is 4.73. The van der Waals surface area contributed by atoms with E-state index in [0.717, 1.165) is 5.69 Å². The van der Waals surface area contributed by atoms with Crippen LogP contribution in [0.3, 0.4) is 0 Å². The highest BCUT2D eigenvalue weighted by atomic mass is 35.5. The van der Waals surface area contributed by atoms with Crippen molar-refractivity contribution in [2.24, 2.45) is 0 Å². The van der Waals surface area contributed by atoms with E-state index in [4.69, 9.17) is 16.3 Å². The molecule has 0 atom stereocenters. The van der Waals surface area contributed by atoms with Crippen molar-refractivity contribution in [3.05, 3.63) is 59.1 Å². The zero-order valence-electron chi connectivity index (χ0n) is 9.81. The van der Waals surface area contributed by atoms with Crippen LogP contribution in [-0.4, -0.2) is 13.1 Å². The summed E-state index contributed by atoms with van der Waals surface area (Å²) in [6, 6.07) is 14.5. The molecule has 4 heteroatoms. The van der Waals surface area contributed by atoms with E-state index < -0.39 is 5.97 Å². The molecular formula is C14H12ClNO2. The monoisotopic (exact) mass is 261 g/mol. The smallest absolute Gasteiger partial charge is 0.339 e. The molecule has 0 aromatic heterocycles. The Labute approximate surface area is 110 Å². The van der Waals surface area contributed by atoms with Crippen molar-refractivity contribution in [1.82, 2.24) is 0 Å². The number of esters is 1. The summed E-state index contributed by atoms with van der Waals surface area (Å²) in [5.74, 6) is -0.398. The van der Waals surface area contributed by atoms with Crippen LogP contribution >= 0.6 is 11.6 Å². The fourth-order valence-electron chi connectivity index (χ4n) is 1.58. The third-order valence-electron chi connectivity index (χ3n) is 2.44. The largest absolute Gasteiger partial charge is 0.465 e. The van der Waals surface area contributed by atoms with E-state index >= 15 is 0 Å². The zero-order valence-corrected chi connectivity index (χ0v) is 10.6. The molecule has 0 saturated carbocycles. The summed E-state index contributed by atoms with van der Waals surface area (Å²) in [7, 11) is 1.35. The van der Waals surface area contributed by atoms with Gasteiger partial charge in [0.1, 0.15) is 0 Å². The SMILES string of the molecule is COC(=O)c1ccc(Cl)cc1Nc1ccccc1. The minimum atomic E-state index is -0.398. The van der Waals surface area contributed by atoms with Gasteiger partial charge in [0.25, 0.3) is 0 Å². The molecular weight excluding hydrogens is 250 g/mol. The summed E-state index contributed by atoms with van der Waals surface area (Å²) in [5, 5.41) is 3.70. The van der Waals surface area contributed by atoms with Crippen molar-refractivity contribution in [1.29, 1.82) is 0 Å². The quantitative estimate of drug-likeness (QED) is 0.853. The van der Waals surface area contributed by atoms with Crippen molar-refractivity contribution in [2.45, 2.75) is 0 Å². The maximum atomic E-state index is 11.6. The second-order valence-corrected chi connectivity index (χ2v) is 4.11. The van der Waals surface area contributed by atoms with Gasteiger partial charge in [-0.05, 0) is 30.3 Å². The number of anilines is 2. The van der Waals surface area contributed by atoms with Gasteiger partial charge in [0.2, 0.25) is 0 Å². The van der Waals surface area contributed by atoms with Crippen molar-refractivity contribution in [2.75, 3.05) is 12.4 Å². The lowest BCUT2D eigenvalue weighted by Crippen LogP contribution is -2.05. The molecule has 0 saturated heterocycles. The summed E-state index contributed by atoms with van der Waals surface area (Å²) >= 11 is 5.94. The van der Waals surface area contributed by atoms with Gasteiger partial charge in [-0.15, -0.1) is 0 Å². The predicted molar refractivity (Wildman–Crippen MR) is 72.5 cm³/mol. The van der Waals surface area contributed by atoms with Crippen LogP contribution in [-0.2, 0) is 4.74 Å². The Kier molecular flexibility index (Phi) is 3.85. The maximum absolute atomic E-state index is 11.6. The van der Waals surface area contributed by atoms with Gasteiger partial charge >= 0.3 is 5.97 Å². The van der Waals surface area contributed by atoms with Crippen molar-refractivity contribution >= 4 is 28.9 Å². The number of halogens is 1. The highest BCUT2D eigenvalue weighted by molar-refractivity contribution is 6.31. The number of nitrogens with one attached hydrogen (secondary N) is 1. The third-order valence-corrected chi connectivity index (χ3v) is 2.67. The molecule has 18 heavy (non-hydrogen) atoms. The lowest BCUT2D eigenvalue weighted by Gasteiger charge is -2.11. The molecule has 0 aliphatic heterocycles. The lowest BCUT2D eigenvalue weighted by molar-refractivity contribution is 0.0602. The molecule has 1 N–H and O–H groups in total. The lowest BCUT2D eigenvalue weighted by atomic mass is 10.1. The number of benzene rings is 2. The number of carbonyl (C=O) groups is 1. The fourth-order valence-corrected chi connectivity index (χ4v) is 1.76. The first-order valence-corrected chi connectivity index (χ1v) is 5.78. The van der Waals surface area contributed by atoms with Crippen molar-refractivity contribution in [3.63, 3.8) is 0 Å². The molecule has 2 rings (SSSR count). The van der Waals surface area contributed by atoms with Gasteiger partial charge in [-0.1, -0.05) is 29.8 Å². The molecule has 0 heterocycles. The number of hydrogen-bond acceptors (Lipinski definition) is 3. The fraction of sp³-hybridized carbons (Fsp3) is 0.0714. The molecule has 0 fully saturated rings. The van der Waals surface area contributed by atoms with Gasteiger partial charge in [0.05, 0.1) is 18.4 Å². The first-order chi connectivity index (χ1) is 8.70. The Bertz CT molecular complexity index is 555. The minimum Gasteiger partial charge on any atom is -0.465 e. The highest BCUT2D eigenvalue weighted by Gasteiger charge is 2.12. The van der Waals surface area contributed by atoms with Crippen LogP contribution in [0.25, 0.3) is 0 Å².